The number of hydrogen-bond donors (Lipinski definition) is 1. The number of ketones is 2. The van der Waals surface area contributed by atoms with E-state index < -0.39 is 40.3 Å². The first-order chi connectivity index (χ1) is 12.2. The van der Waals surface area contributed by atoms with Crippen LogP contribution < -0.4 is 0 Å². The molecule has 0 spiro atoms. The fourth-order valence-electron chi connectivity index (χ4n) is 2.88. The lowest BCUT2D eigenvalue weighted by Crippen LogP contribution is -2.09. The fourth-order valence-corrected chi connectivity index (χ4v) is 2.88. The molecule has 0 radical (unpaired) electrons. The Hall–Kier alpha value is -3.35. The van der Waals surface area contributed by atoms with E-state index in [9.17, 15) is 28.3 Å². The summed E-state index contributed by atoms with van der Waals surface area (Å²) in [6, 6.07) is 7.07. The second kappa shape index (κ2) is 6.18. The first-order valence-corrected chi connectivity index (χ1v) is 7.62. The van der Waals surface area contributed by atoms with Crippen molar-refractivity contribution in [3.63, 3.8) is 0 Å². The Kier molecular flexibility index (Phi) is 4.15. The summed E-state index contributed by atoms with van der Waals surface area (Å²) in [5, 5.41) is 10.5. The average Bonchev–Trinajstić information content (AvgIpc) is 2.85. The Labute approximate surface area is 146 Å². The molecule has 3 aromatic rings. The van der Waals surface area contributed by atoms with Gasteiger partial charge >= 0.3 is 0 Å². The SMILES string of the molecule is CC(=O)c1ccc2c(c1)c(C(=O)c1c(F)cccc1F)c(O)n2C(C)=O. The number of benzene rings is 2. The molecule has 0 aliphatic carbocycles. The minimum absolute atomic E-state index is 0.0538. The summed E-state index contributed by atoms with van der Waals surface area (Å²) in [5.41, 5.74) is -0.915. The maximum Gasteiger partial charge on any atom is 0.230 e. The van der Waals surface area contributed by atoms with Crippen LogP contribution in [0.3, 0.4) is 0 Å². The van der Waals surface area contributed by atoms with Crippen molar-refractivity contribution in [3.8, 4) is 5.88 Å². The molecule has 0 aliphatic rings. The van der Waals surface area contributed by atoms with Crippen molar-refractivity contribution in [2.75, 3.05) is 0 Å². The molecule has 0 atom stereocenters. The summed E-state index contributed by atoms with van der Waals surface area (Å²) in [6.45, 7) is 2.47. The molecule has 1 N–H and O–H groups in total. The van der Waals surface area contributed by atoms with Gasteiger partial charge in [0.2, 0.25) is 17.6 Å². The van der Waals surface area contributed by atoms with Gasteiger partial charge in [0.15, 0.2) is 5.78 Å². The number of rotatable bonds is 3. The molecule has 26 heavy (non-hydrogen) atoms. The summed E-state index contributed by atoms with van der Waals surface area (Å²) in [7, 11) is 0. The van der Waals surface area contributed by atoms with E-state index in [-0.39, 0.29) is 22.2 Å². The maximum absolute atomic E-state index is 14.0. The molecule has 1 aromatic heterocycles. The van der Waals surface area contributed by atoms with E-state index in [1.165, 1.54) is 25.1 Å². The number of Topliss-reactive ketones (excluding diaryl/α,β-unsaturated/α-hetero) is 1. The van der Waals surface area contributed by atoms with Crippen LogP contribution in [0.15, 0.2) is 36.4 Å². The van der Waals surface area contributed by atoms with E-state index in [2.05, 4.69) is 0 Å². The Bertz CT molecular complexity index is 1080. The zero-order valence-electron chi connectivity index (χ0n) is 13.8. The molecule has 0 saturated heterocycles. The van der Waals surface area contributed by atoms with Crippen molar-refractivity contribution in [2.24, 2.45) is 0 Å². The van der Waals surface area contributed by atoms with Gasteiger partial charge in [-0.05, 0) is 37.3 Å². The molecular weight excluding hydrogens is 344 g/mol. The molecule has 0 aliphatic heterocycles. The molecule has 0 unspecified atom stereocenters. The lowest BCUT2D eigenvalue weighted by atomic mass is 9.99. The molecule has 0 saturated carbocycles. The van der Waals surface area contributed by atoms with Crippen LogP contribution in [0.1, 0.15) is 44.9 Å². The van der Waals surface area contributed by atoms with Gasteiger partial charge in [0.1, 0.15) is 11.6 Å². The van der Waals surface area contributed by atoms with Crippen LogP contribution in [0.25, 0.3) is 10.9 Å². The van der Waals surface area contributed by atoms with Gasteiger partial charge in [-0.15, -0.1) is 0 Å². The van der Waals surface area contributed by atoms with Gasteiger partial charge in [-0.3, -0.25) is 19.0 Å². The first-order valence-electron chi connectivity index (χ1n) is 7.62. The zero-order valence-corrected chi connectivity index (χ0v) is 13.8. The number of fused-ring (bicyclic) bond motifs is 1. The van der Waals surface area contributed by atoms with Gasteiger partial charge in [0, 0.05) is 17.9 Å². The van der Waals surface area contributed by atoms with E-state index in [0.717, 1.165) is 29.7 Å². The third-order valence-electron chi connectivity index (χ3n) is 4.08. The van der Waals surface area contributed by atoms with Crippen LogP contribution in [0.5, 0.6) is 5.88 Å². The predicted molar refractivity (Wildman–Crippen MR) is 89.7 cm³/mol. The van der Waals surface area contributed by atoms with E-state index in [1.54, 1.807) is 0 Å². The van der Waals surface area contributed by atoms with E-state index in [1.807, 2.05) is 0 Å². The fraction of sp³-hybridized carbons (Fsp3) is 0.105. The number of nitrogens with zero attached hydrogens (tertiary/aromatic N) is 1. The highest BCUT2D eigenvalue weighted by molar-refractivity contribution is 6.20. The molecule has 0 amide bonds. The predicted octanol–water partition coefficient (Wildman–Crippen LogP) is 3.72. The van der Waals surface area contributed by atoms with Crippen molar-refractivity contribution in [2.45, 2.75) is 13.8 Å². The topological polar surface area (TPSA) is 76.4 Å². The van der Waals surface area contributed by atoms with E-state index in [4.69, 9.17) is 0 Å². The number of carbonyl (C=O) groups excluding carboxylic acids is 3. The number of hydrogen-bond acceptors (Lipinski definition) is 4. The van der Waals surface area contributed by atoms with Crippen LogP contribution in [-0.4, -0.2) is 27.1 Å². The van der Waals surface area contributed by atoms with Crippen molar-refractivity contribution in [3.05, 3.63) is 64.7 Å². The highest BCUT2D eigenvalue weighted by atomic mass is 19.1. The van der Waals surface area contributed by atoms with Gasteiger partial charge in [0.25, 0.3) is 0 Å². The van der Waals surface area contributed by atoms with Gasteiger partial charge in [-0.1, -0.05) is 6.07 Å². The zero-order chi connectivity index (χ0) is 19.2. The summed E-state index contributed by atoms with van der Waals surface area (Å²) in [5.74, 6) is -4.96. The summed E-state index contributed by atoms with van der Waals surface area (Å²) in [4.78, 5) is 36.3. The highest BCUT2D eigenvalue weighted by Gasteiger charge is 2.29. The molecule has 0 fully saturated rings. The normalized spacial score (nSPS) is 10.9. The Balaban J connectivity index is 2.39. The highest BCUT2D eigenvalue weighted by Crippen LogP contribution is 2.34. The quantitative estimate of drug-likeness (QED) is 0.725. The molecular formula is C19H13F2NO4. The Morgan fingerprint density at radius 1 is 0.962 bits per heavy atom. The molecule has 3 rings (SSSR count). The number of carbonyl (C=O) groups is 3. The lowest BCUT2D eigenvalue weighted by Gasteiger charge is -2.04. The van der Waals surface area contributed by atoms with Crippen molar-refractivity contribution >= 4 is 28.4 Å². The van der Waals surface area contributed by atoms with Gasteiger partial charge in [-0.25, -0.2) is 8.78 Å². The minimum Gasteiger partial charge on any atom is -0.494 e. The number of aromatic nitrogens is 1. The summed E-state index contributed by atoms with van der Waals surface area (Å²) >= 11 is 0. The van der Waals surface area contributed by atoms with E-state index >= 15 is 0 Å². The molecule has 7 heteroatoms. The van der Waals surface area contributed by atoms with E-state index in [0.29, 0.717) is 0 Å². The minimum atomic E-state index is -1.12. The molecule has 5 nitrogen and oxygen atoms in total. The average molecular weight is 357 g/mol. The van der Waals surface area contributed by atoms with Crippen molar-refractivity contribution in [1.29, 1.82) is 0 Å². The largest absolute Gasteiger partial charge is 0.494 e. The Morgan fingerprint density at radius 2 is 1.58 bits per heavy atom. The van der Waals surface area contributed by atoms with Crippen LogP contribution in [0.4, 0.5) is 8.78 Å². The molecule has 132 valence electrons. The monoisotopic (exact) mass is 357 g/mol. The van der Waals surface area contributed by atoms with Crippen LogP contribution in [0.2, 0.25) is 0 Å². The van der Waals surface area contributed by atoms with Gasteiger partial charge in [-0.2, -0.15) is 0 Å². The second-order valence-corrected chi connectivity index (χ2v) is 5.77. The summed E-state index contributed by atoms with van der Waals surface area (Å²) < 4.78 is 28.9. The smallest absolute Gasteiger partial charge is 0.230 e. The molecule has 0 bridgehead atoms. The number of halogens is 2. The van der Waals surface area contributed by atoms with Crippen molar-refractivity contribution < 1.29 is 28.3 Å². The van der Waals surface area contributed by atoms with Crippen molar-refractivity contribution in [1.82, 2.24) is 4.57 Å². The van der Waals surface area contributed by atoms with Gasteiger partial charge in [0.05, 0.1) is 16.6 Å². The third-order valence-corrected chi connectivity index (χ3v) is 4.08. The van der Waals surface area contributed by atoms with Gasteiger partial charge < -0.3 is 5.11 Å². The Morgan fingerprint density at radius 3 is 2.12 bits per heavy atom. The summed E-state index contributed by atoms with van der Waals surface area (Å²) in [6.07, 6.45) is 0. The standard InChI is InChI=1S/C19H13F2NO4/c1-9(23)11-6-7-15-12(8-11)16(19(26)22(15)10(2)24)18(25)17-13(20)4-3-5-14(17)21/h3-8,26H,1-2H3. The first kappa shape index (κ1) is 17.5. The second-order valence-electron chi connectivity index (χ2n) is 5.77. The maximum atomic E-state index is 14.0. The number of aromatic hydroxyl groups is 1. The van der Waals surface area contributed by atoms with Crippen LogP contribution in [-0.2, 0) is 0 Å². The lowest BCUT2D eigenvalue weighted by molar-refractivity contribution is 0.0932. The molecule has 2 aromatic carbocycles. The molecule has 1 heterocycles. The third kappa shape index (κ3) is 2.57. The van der Waals surface area contributed by atoms with Crippen LogP contribution >= 0.6 is 0 Å². The van der Waals surface area contributed by atoms with Crippen LogP contribution in [0, 0.1) is 11.6 Å².